The number of aromatic nitrogens is 1. The lowest BCUT2D eigenvalue weighted by atomic mass is 10.0. The summed E-state index contributed by atoms with van der Waals surface area (Å²) in [5.41, 5.74) is 1.12. The number of hydrogen-bond donors (Lipinski definition) is 0. The van der Waals surface area contributed by atoms with E-state index in [2.05, 4.69) is 4.98 Å². The lowest BCUT2D eigenvalue weighted by molar-refractivity contribution is 0.0234. The predicted octanol–water partition coefficient (Wildman–Crippen LogP) is 4.01. The van der Waals surface area contributed by atoms with E-state index < -0.39 is 5.60 Å². The van der Waals surface area contributed by atoms with Crippen molar-refractivity contribution in [2.24, 2.45) is 0 Å². The summed E-state index contributed by atoms with van der Waals surface area (Å²) in [5, 5.41) is 0. The molecular formula is C17H17FN2O2. The third-order valence-corrected chi connectivity index (χ3v) is 3.70. The topological polar surface area (TPSA) is 42.4 Å². The molecule has 1 fully saturated rings. The van der Waals surface area contributed by atoms with Gasteiger partial charge < -0.3 is 4.74 Å². The van der Waals surface area contributed by atoms with E-state index in [-0.39, 0.29) is 11.9 Å². The van der Waals surface area contributed by atoms with E-state index in [1.165, 1.54) is 17.0 Å². The van der Waals surface area contributed by atoms with Crippen molar-refractivity contribution >= 4 is 11.9 Å². The molecule has 0 aliphatic carbocycles. The smallest absolute Gasteiger partial charge is 0.416 e. The van der Waals surface area contributed by atoms with Crippen LogP contribution in [-0.2, 0) is 4.74 Å². The Bertz CT molecular complexity index is 698. The molecule has 0 bridgehead atoms. The molecular weight excluding hydrogens is 283 g/mol. The van der Waals surface area contributed by atoms with Crippen molar-refractivity contribution in [3.8, 4) is 11.1 Å². The van der Waals surface area contributed by atoms with Crippen molar-refractivity contribution in [2.45, 2.75) is 25.9 Å². The van der Waals surface area contributed by atoms with Crippen molar-refractivity contribution in [3.63, 3.8) is 0 Å². The average Bonchev–Trinajstić information content (AvgIpc) is 2.47. The highest BCUT2D eigenvalue weighted by Gasteiger charge is 2.33. The molecule has 0 unspecified atom stereocenters. The van der Waals surface area contributed by atoms with Crippen LogP contribution in [0.3, 0.4) is 0 Å². The zero-order valence-corrected chi connectivity index (χ0v) is 12.5. The van der Waals surface area contributed by atoms with E-state index in [1.54, 1.807) is 18.3 Å². The maximum absolute atomic E-state index is 13.3. The number of hydrogen-bond acceptors (Lipinski definition) is 3. The van der Waals surface area contributed by atoms with Crippen LogP contribution in [0.4, 0.5) is 15.0 Å². The van der Waals surface area contributed by atoms with Gasteiger partial charge in [-0.3, -0.25) is 4.90 Å². The quantitative estimate of drug-likeness (QED) is 0.841. The van der Waals surface area contributed by atoms with Gasteiger partial charge >= 0.3 is 6.09 Å². The Balaban J connectivity index is 1.82. The minimum absolute atomic E-state index is 0.289. The molecule has 4 nitrogen and oxygen atoms in total. The van der Waals surface area contributed by atoms with Crippen LogP contribution < -0.4 is 4.90 Å². The highest BCUT2D eigenvalue weighted by atomic mass is 19.1. The molecule has 5 heteroatoms. The fraction of sp³-hybridized carbons (Fsp3) is 0.294. The number of rotatable bonds is 2. The summed E-state index contributed by atoms with van der Waals surface area (Å²) < 4.78 is 18.6. The fourth-order valence-corrected chi connectivity index (χ4v) is 2.41. The second-order valence-electron chi connectivity index (χ2n) is 5.94. The number of anilines is 1. The standard InChI is InChI=1S/C17H17FN2O2/c1-17(2)8-9-20(16(21)22-17)15-7-6-13(11-19-15)12-4-3-5-14(18)10-12/h3-7,10-11H,8-9H2,1-2H3. The molecule has 1 aromatic heterocycles. The number of cyclic esters (lactones) is 1. The summed E-state index contributed by atoms with van der Waals surface area (Å²) in [6.07, 6.45) is 1.99. The summed E-state index contributed by atoms with van der Waals surface area (Å²) in [6.45, 7) is 4.35. The van der Waals surface area contributed by atoms with Crippen molar-refractivity contribution < 1.29 is 13.9 Å². The molecule has 22 heavy (non-hydrogen) atoms. The van der Waals surface area contributed by atoms with Gasteiger partial charge in [0.2, 0.25) is 0 Å². The van der Waals surface area contributed by atoms with Gasteiger partial charge in [0, 0.05) is 24.7 Å². The largest absolute Gasteiger partial charge is 0.443 e. The Morgan fingerprint density at radius 1 is 1.23 bits per heavy atom. The fourth-order valence-electron chi connectivity index (χ4n) is 2.41. The van der Waals surface area contributed by atoms with Crippen molar-refractivity contribution in [3.05, 3.63) is 48.4 Å². The maximum atomic E-state index is 13.3. The molecule has 2 heterocycles. The van der Waals surface area contributed by atoms with Gasteiger partial charge in [0.1, 0.15) is 17.2 Å². The lowest BCUT2D eigenvalue weighted by Gasteiger charge is -2.35. The van der Waals surface area contributed by atoms with Gasteiger partial charge in [0.15, 0.2) is 0 Å². The number of ether oxygens (including phenoxy) is 1. The Labute approximate surface area is 128 Å². The second kappa shape index (κ2) is 5.40. The zero-order chi connectivity index (χ0) is 15.7. The zero-order valence-electron chi connectivity index (χ0n) is 12.5. The molecule has 1 saturated heterocycles. The molecule has 2 aromatic rings. The first kappa shape index (κ1) is 14.5. The molecule has 0 N–H and O–H groups in total. The molecule has 3 rings (SSSR count). The first-order valence-electron chi connectivity index (χ1n) is 7.17. The number of benzene rings is 1. The summed E-state index contributed by atoms with van der Waals surface area (Å²) in [6, 6.07) is 9.90. The Morgan fingerprint density at radius 3 is 2.68 bits per heavy atom. The Hall–Kier alpha value is -2.43. The molecule has 114 valence electrons. The van der Waals surface area contributed by atoms with Crippen molar-refractivity contribution in [1.29, 1.82) is 0 Å². The average molecular weight is 300 g/mol. The van der Waals surface area contributed by atoms with Crippen LogP contribution in [0.2, 0.25) is 0 Å². The first-order chi connectivity index (χ1) is 10.4. The highest BCUT2D eigenvalue weighted by Crippen LogP contribution is 2.27. The predicted molar refractivity (Wildman–Crippen MR) is 82.2 cm³/mol. The minimum Gasteiger partial charge on any atom is -0.443 e. The second-order valence-corrected chi connectivity index (χ2v) is 5.94. The van der Waals surface area contributed by atoms with Gasteiger partial charge in [-0.05, 0) is 43.7 Å². The normalized spacial score (nSPS) is 17.2. The third kappa shape index (κ3) is 2.93. The van der Waals surface area contributed by atoms with Gasteiger partial charge in [0.05, 0.1) is 0 Å². The summed E-state index contributed by atoms with van der Waals surface area (Å²) >= 11 is 0. The summed E-state index contributed by atoms with van der Waals surface area (Å²) in [7, 11) is 0. The number of halogens is 1. The van der Waals surface area contributed by atoms with Gasteiger partial charge in [-0.15, -0.1) is 0 Å². The van der Waals surface area contributed by atoms with Crippen LogP contribution in [0.5, 0.6) is 0 Å². The van der Waals surface area contributed by atoms with Crippen LogP contribution in [-0.4, -0.2) is 23.2 Å². The summed E-state index contributed by atoms with van der Waals surface area (Å²) in [4.78, 5) is 17.8. The van der Waals surface area contributed by atoms with Gasteiger partial charge in [-0.2, -0.15) is 0 Å². The summed E-state index contributed by atoms with van der Waals surface area (Å²) in [5.74, 6) is 0.254. The van der Waals surface area contributed by atoms with E-state index in [0.717, 1.165) is 17.5 Å². The SMILES string of the molecule is CC1(C)CCN(c2ccc(-c3cccc(F)c3)cn2)C(=O)O1. The van der Waals surface area contributed by atoms with Gasteiger partial charge in [0.25, 0.3) is 0 Å². The third-order valence-electron chi connectivity index (χ3n) is 3.70. The van der Waals surface area contributed by atoms with E-state index >= 15 is 0 Å². The Morgan fingerprint density at radius 2 is 2.05 bits per heavy atom. The highest BCUT2D eigenvalue weighted by molar-refractivity contribution is 5.87. The number of carbonyl (C=O) groups excluding carboxylic acids is 1. The van der Waals surface area contributed by atoms with Gasteiger partial charge in [-0.25, -0.2) is 14.2 Å². The molecule has 0 radical (unpaired) electrons. The number of carbonyl (C=O) groups is 1. The number of nitrogens with zero attached hydrogens (tertiary/aromatic N) is 2. The van der Waals surface area contributed by atoms with Crippen molar-refractivity contribution in [1.82, 2.24) is 4.98 Å². The van der Waals surface area contributed by atoms with Crippen LogP contribution in [0.25, 0.3) is 11.1 Å². The molecule has 1 amide bonds. The van der Waals surface area contributed by atoms with Crippen LogP contribution in [0.1, 0.15) is 20.3 Å². The van der Waals surface area contributed by atoms with E-state index in [0.29, 0.717) is 12.4 Å². The van der Waals surface area contributed by atoms with E-state index in [4.69, 9.17) is 4.74 Å². The molecule has 0 atom stereocenters. The van der Waals surface area contributed by atoms with Crippen LogP contribution >= 0.6 is 0 Å². The number of amides is 1. The van der Waals surface area contributed by atoms with Crippen LogP contribution in [0.15, 0.2) is 42.6 Å². The number of pyridine rings is 1. The van der Waals surface area contributed by atoms with Crippen LogP contribution in [0, 0.1) is 5.82 Å². The molecule has 1 aliphatic rings. The van der Waals surface area contributed by atoms with E-state index in [1.807, 2.05) is 26.0 Å². The maximum Gasteiger partial charge on any atom is 0.416 e. The molecule has 0 saturated carbocycles. The molecule has 0 spiro atoms. The lowest BCUT2D eigenvalue weighted by Crippen LogP contribution is -2.46. The van der Waals surface area contributed by atoms with E-state index in [9.17, 15) is 9.18 Å². The molecule has 1 aliphatic heterocycles. The Kier molecular flexibility index (Phi) is 3.56. The van der Waals surface area contributed by atoms with Crippen molar-refractivity contribution in [2.75, 3.05) is 11.4 Å². The first-order valence-corrected chi connectivity index (χ1v) is 7.17. The van der Waals surface area contributed by atoms with Gasteiger partial charge in [-0.1, -0.05) is 12.1 Å². The minimum atomic E-state index is -0.435. The monoisotopic (exact) mass is 300 g/mol. The molecule has 1 aromatic carbocycles.